The molecule has 2 rings (SSSR count). The lowest BCUT2D eigenvalue weighted by molar-refractivity contribution is 0.415. The zero-order valence-corrected chi connectivity index (χ0v) is 12.8. The molecule has 0 aliphatic heterocycles. The number of ether oxygens (including phenoxy) is 1. The summed E-state index contributed by atoms with van der Waals surface area (Å²) in [7, 11) is 3.58. The van der Waals surface area contributed by atoms with Crippen LogP contribution in [-0.4, -0.2) is 19.1 Å². The highest BCUT2D eigenvalue weighted by Gasteiger charge is 2.12. The molecule has 3 nitrogen and oxygen atoms in total. The highest BCUT2D eigenvalue weighted by molar-refractivity contribution is 7.80. The van der Waals surface area contributed by atoms with E-state index in [1.165, 1.54) is 0 Å². The fraction of sp³-hybridized carbons (Fsp3) is 0.133. The second-order valence-corrected chi connectivity index (χ2v) is 5.16. The summed E-state index contributed by atoms with van der Waals surface area (Å²) in [6, 6.07) is 13.2. The number of nitrogens with zero attached hydrogens (tertiary/aromatic N) is 1. The topological polar surface area (TPSA) is 38.5 Å². The van der Waals surface area contributed by atoms with Gasteiger partial charge in [-0.2, -0.15) is 0 Å². The van der Waals surface area contributed by atoms with Gasteiger partial charge in [-0.15, -0.1) is 0 Å². The van der Waals surface area contributed by atoms with E-state index in [9.17, 15) is 0 Å². The summed E-state index contributed by atoms with van der Waals surface area (Å²) in [4.78, 5) is 2.31. The summed E-state index contributed by atoms with van der Waals surface area (Å²) in [5.74, 6) is 0.792. The van der Waals surface area contributed by atoms with Gasteiger partial charge in [0.1, 0.15) is 10.7 Å². The summed E-state index contributed by atoms with van der Waals surface area (Å²) in [6.07, 6.45) is 0. The number of methoxy groups -OCH3 is 1. The van der Waals surface area contributed by atoms with Crippen LogP contribution in [0.25, 0.3) is 0 Å². The quantitative estimate of drug-likeness (QED) is 0.873. The fourth-order valence-corrected chi connectivity index (χ4v) is 2.29. The maximum absolute atomic E-state index is 6.01. The first-order valence-electron chi connectivity index (χ1n) is 6.00. The van der Waals surface area contributed by atoms with Gasteiger partial charge >= 0.3 is 0 Å². The van der Waals surface area contributed by atoms with E-state index in [1.54, 1.807) is 13.2 Å². The average molecular weight is 307 g/mol. The van der Waals surface area contributed by atoms with Crippen molar-refractivity contribution in [1.82, 2.24) is 0 Å². The van der Waals surface area contributed by atoms with Gasteiger partial charge in [-0.25, -0.2) is 0 Å². The van der Waals surface area contributed by atoms with Crippen LogP contribution in [-0.2, 0) is 0 Å². The molecule has 104 valence electrons. The summed E-state index contributed by atoms with van der Waals surface area (Å²) in [5, 5.41) is 0.607. The Kier molecular flexibility index (Phi) is 4.47. The first-order valence-corrected chi connectivity index (χ1v) is 6.78. The molecule has 2 aromatic rings. The van der Waals surface area contributed by atoms with E-state index in [0.29, 0.717) is 10.0 Å². The molecule has 2 aromatic carbocycles. The van der Waals surface area contributed by atoms with Crippen molar-refractivity contribution >= 4 is 40.2 Å². The van der Waals surface area contributed by atoms with Gasteiger partial charge in [0, 0.05) is 29.4 Å². The van der Waals surface area contributed by atoms with Crippen molar-refractivity contribution in [3.05, 3.63) is 53.1 Å². The number of halogens is 1. The van der Waals surface area contributed by atoms with E-state index in [0.717, 1.165) is 22.7 Å². The van der Waals surface area contributed by atoms with Crippen molar-refractivity contribution in [3.8, 4) is 5.75 Å². The van der Waals surface area contributed by atoms with Crippen LogP contribution in [0.4, 0.5) is 11.4 Å². The molecule has 0 atom stereocenters. The number of thiocarbonyl (C=S) groups is 1. The van der Waals surface area contributed by atoms with Gasteiger partial charge in [-0.05, 0) is 30.3 Å². The molecule has 0 amide bonds. The Bertz CT molecular complexity index is 646. The van der Waals surface area contributed by atoms with Crippen LogP contribution in [0, 0.1) is 0 Å². The second-order valence-electron chi connectivity index (χ2n) is 4.29. The van der Waals surface area contributed by atoms with Crippen LogP contribution in [0.3, 0.4) is 0 Å². The van der Waals surface area contributed by atoms with Crippen molar-refractivity contribution in [2.45, 2.75) is 0 Å². The van der Waals surface area contributed by atoms with Crippen LogP contribution in [0.15, 0.2) is 42.5 Å². The number of benzene rings is 2. The van der Waals surface area contributed by atoms with Gasteiger partial charge in [0.2, 0.25) is 0 Å². The van der Waals surface area contributed by atoms with E-state index in [2.05, 4.69) is 0 Å². The molecule has 0 unspecified atom stereocenters. The van der Waals surface area contributed by atoms with Crippen LogP contribution in [0.5, 0.6) is 5.75 Å². The SMILES string of the molecule is COc1cccc(N(C)c2ccc(Cl)cc2C(N)=S)c1. The lowest BCUT2D eigenvalue weighted by Gasteiger charge is -2.23. The molecule has 20 heavy (non-hydrogen) atoms. The lowest BCUT2D eigenvalue weighted by Crippen LogP contribution is -2.17. The number of nitrogens with two attached hydrogens (primary N) is 1. The Balaban J connectivity index is 2.47. The summed E-state index contributed by atoms with van der Waals surface area (Å²) in [5.41, 5.74) is 8.40. The number of anilines is 2. The molecule has 0 spiro atoms. The smallest absolute Gasteiger partial charge is 0.120 e. The minimum absolute atomic E-state index is 0.317. The van der Waals surface area contributed by atoms with Gasteiger partial charge in [0.05, 0.1) is 12.8 Å². The largest absolute Gasteiger partial charge is 0.497 e. The maximum Gasteiger partial charge on any atom is 0.120 e. The van der Waals surface area contributed by atoms with E-state index >= 15 is 0 Å². The standard InChI is InChI=1S/C15H15ClN2OS/c1-18(11-4-3-5-12(9-11)19-2)14-7-6-10(16)8-13(14)15(17)20/h3-9H,1-2H3,(H2,17,20). The van der Waals surface area contributed by atoms with Gasteiger partial charge in [-0.1, -0.05) is 29.9 Å². The fourth-order valence-electron chi connectivity index (χ4n) is 1.96. The average Bonchev–Trinajstić information content (AvgIpc) is 2.46. The molecule has 5 heteroatoms. The Morgan fingerprint density at radius 3 is 2.65 bits per heavy atom. The molecule has 0 saturated carbocycles. The molecular weight excluding hydrogens is 292 g/mol. The van der Waals surface area contributed by atoms with E-state index < -0.39 is 0 Å². The van der Waals surface area contributed by atoms with Gasteiger partial charge in [-0.3, -0.25) is 0 Å². The third-order valence-corrected chi connectivity index (χ3v) is 3.48. The number of hydrogen-bond donors (Lipinski definition) is 1. The first-order chi connectivity index (χ1) is 9.52. The Morgan fingerprint density at radius 1 is 1.25 bits per heavy atom. The molecule has 0 fully saturated rings. The predicted molar refractivity (Wildman–Crippen MR) is 88.4 cm³/mol. The predicted octanol–water partition coefficient (Wildman–Crippen LogP) is 3.75. The number of hydrogen-bond acceptors (Lipinski definition) is 3. The number of rotatable bonds is 4. The Labute approximate surface area is 128 Å². The molecule has 0 heterocycles. The van der Waals surface area contributed by atoms with Crippen molar-refractivity contribution in [1.29, 1.82) is 0 Å². The third-order valence-electron chi connectivity index (χ3n) is 3.03. The highest BCUT2D eigenvalue weighted by Crippen LogP contribution is 2.30. The van der Waals surface area contributed by atoms with E-state index in [-0.39, 0.29) is 0 Å². The van der Waals surface area contributed by atoms with Crippen LogP contribution >= 0.6 is 23.8 Å². The highest BCUT2D eigenvalue weighted by atomic mass is 35.5. The van der Waals surface area contributed by atoms with Crippen LogP contribution in [0.2, 0.25) is 5.02 Å². The van der Waals surface area contributed by atoms with E-state index in [4.69, 9.17) is 34.3 Å². The van der Waals surface area contributed by atoms with Gasteiger partial charge in [0.25, 0.3) is 0 Å². The monoisotopic (exact) mass is 306 g/mol. The first kappa shape index (κ1) is 14.6. The summed E-state index contributed by atoms with van der Waals surface area (Å²) >= 11 is 11.1. The van der Waals surface area contributed by atoms with Crippen molar-refractivity contribution in [3.63, 3.8) is 0 Å². The minimum atomic E-state index is 0.317. The van der Waals surface area contributed by atoms with Crippen molar-refractivity contribution in [2.75, 3.05) is 19.1 Å². The molecule has 0 radical (unpaired) electrons. The zero-order chi connectivity index (χ0) is 14.7. The molecule has 0 aromatic heterocycles. The Morgan fingerprint density at radius 2 is 2.00 bits per heavy atom. The lowest BCUT2D eigenvalue weighted by atomic mass is 10.1. The van der Waals surface area contributed by atoms with Crippen molar-refractivity contribution in [2.24, 2.45) is 5.73 Å². The molecule has 0 saturated heterocycles. The second kappa shape index (κ2) is 6.11. The molecule has 0 aliphatic carbocycles. The summed E-state index contributed by atoms with van der Waals surface area (Å²) < 4.78 is 5.24. The van der Waals surface area contributed by atoms with Crippen LogP contribution < -0.4 is 15.4 Å². The zero-order valence-electron chi connectivity index (χ0n) is 11.3. The minimum Gasteiger partial charge on any atom is -0.497 e. The molecule has 0 bridgehead atoms. The van der Waals surface area contributed by atoms with Gasteiger partial charge < -0.3 is 15.4 Å². The molecule has 2 N–H and O–H groups in total. The third kappa shape index (κ3) is 3.03. The maximum atomic E-state index is 6.01. The molecule has 0 aliphatic rings. The van der Waals surface area contributed by atoms with Crippen LogP contribution in [0.1, 0.15) is 5.56 Å². The van der Waals surface area contributed by atoms with Gasteiger partial charge in [0.15, 0.2) is 0 Å². The molecular formula is C15H15ClN2OS. The normalized spacial score (nSPS) is 10.2. The van der Waals surface area contributed by atoms with E-state index in [1.807, 2.05) is 48.3 Å². The van der Waals surface area contributed by atoms with Crippen molar-refractivity contribution < 1.29 is 4.74 Å². The Hall–Kier alpha value is -1.78. The summed E-state index contributed by atoms with van der Waals surface area (Å²) in [6.45, 7) is 0.